The van der Waals surface area contributed by atoms with Crippen LogP contribution in [-0.2, 0) is 4.79 Å². The molecule has 1 amide bonds. The Kier molecular flexibility index (Phi) is 5.66. The summed E-state index contributed by atoms with van der Waals surface area (Å²) >= 11 is 0. The highest BCUT2D eigenvalue weighted by molar-refractivity contribution is 5.79. The summed E-state index contributed by atoms with van der Waals surface area (Å²) in [4.78, 5) is 12.9. The molecule has 0 saturated carbocycles. The minimum absolute atomic E-state index is 0.195. The second-order valence-corrected chi connectivity index (χ2v) is 2.93. The molecule has 0 heterocycles. The second kappa shape index (κ2) is 5.97. The third-order valence-electron chi connectivity index (χ3n) is 2.03. The van der Waals surface area contributed by atoms with Gasteiger partial charge in [-0.05, 0) is 33.6 Å². The third kappa shape index (κ3) is 4.31. The Labute approximate surface area is 74.1 Å². The fourth-order valence-corrected chi connectivity index (χ4v) is 0.936. The number of primary amides is 1. The summed E-state index contributed by atoms with van der Waals surface area (Å²) in [5.74, 6) is -0.276. The van der Waals surface area contributed by atoms with Gasteiger partial charge in [-0.2, -0.15) is 0 Å². The first kappa shape index (κ1) is 11.4. The molecule has 0 aromatic carbocycles. The van der Waals surface area contributed by atoms with Gasteiger partial charge >= 0.3 is 0 Å². The van der Waals surface area contributed by atoms with Gasteiger partial charge in [-0.1, -0.05) is 6.92 Å². The van der Waals surface area contributed by atoms with Crippen LogP contribution in [0.4, 0.5) is 0 Å². The van der Waals surface area contributed by atoms with Crippen molar-refractivity contribution in [2.75, 3.05) is 27.2 Å². The number of amides is 1. The molecule has 0 aliphatic rings. The lowest BCUT2D eigenvalue weighted by molar-refractivity contribution is -0.120. The highest BCUT2D eigenvalue weighted by Crippen LogP contribution is 1.92. The molecule has 0 aromatic rings. The van der Waals surface area contributed by atoms with Crippen LogP contribution in [0.15, 0.2) is 0 Å². The summed E-state index contributed by atoms with van der Waals surface area (Å²) in [5.41, 5.74) is 5.15. The minimum atomic E-state index is -0.276. The molecular weight excluding hydrogens is 154 g/mol. The maximum atomic E-state index is 10.8. The molecule has 0 aliphatic carbocycles. The maximum Gasteiger partial charge on any atom is 0.234 e. The molecule has 0 spiro atoms. The molecule has 4 nitrogen and oxygen atoms in total. The summed E-state index contributed by atoms with van der Waals surface area (Å²) in [6, 6.07) is -0.195. The maximum absolute atomic E-state index is 10.8. The number of rotatable bonds is 6. The molecule has 1 unspecified atom stereocenters. The zero-order chi connectivity index (χ0) is 9.56. The number of nitrogens with zero attached hydrogens (tertiary/aromatic N) is 1. The van der Waals surface area contributed by atoms with Crippen LogP contribution in [0.25, 0.3) is 0 Å². The average molecular weight is 173 g/mol. The van der Waals surface area contributed by atoms with Crippen LogP contribution in [-0.4, -0.2) is 44.0 Å². The molecule has 72 valence electrons. The number of carbonyl (C=O) groups excluding carboxylic acids is 1. The predicted molar refractivity (Wildman–Crippen MR) is 49.8 cm³/mol. The fourth-order valence-electron chi connectivity index (χ4n) is 0.936. The van der Waals surface area contributed by atoms with Crippen molar-refractivity contribution in [3.05, 3.63) is 0 Å². The molecule has 0 aromatic heterocycles. The Bertz CT molecular complexity index is 138. The van der Waals surface area contributed by atoms with Gasteiger partial charge < -0.3 is 16.0 Å². The first-order valence-electron chi connectivity index (χ1n) is 4.27. The topological polar surface area (TPSA) is 58.4 Å². The highest BCUT2D eigenvalue weighted by Gasteiger charge is 2.12. The zero-order valence-electron chi connectivity index (χ0n) is 8.13. The molecule has 0 radical (unpaired) electrons. The molecule has 0 rings (SSSR count). The molecule has 12 heavy (non-hydrogen) atoms. The highest BCUT2D eigenvalue weighted by atomic mass is 16.1. The van der Waals surface area contributed by atoms with Gasteiger partial charge in [0.1, 0.15) is 0 Å². The van der Waals surface area contributed by atoms with Crippen molar-refractivity contribution in [2.45, 2.75) is 19.4 Å². The van der Waals surface area contributed by atoms with Gasteiger partial charge in [0.25, 0.3) is 0 Å². The van der Waals surface area contributed by atoms with Crippen LogP contribution < -0.4 is 11.1 Å². The molecule has 4 heteroatoms. The van der Waals surface area contributed by atoms with Crippen molar-refractivity contribution >= 4 is 5.91 Å². The van der Waals surface area contributed by atoms with Crippen LogP contribution in [0.1, 0.15) is 13.3 Å². The third-order valence-corrected chi connectivity index (χ3v) is 2.03. The monoisotopic (exact) mass is 173 g/mol. The van der Waals surface area contributed by atoms with E-state index >= 15 is 0 Å². The van der Waals surface area contributed by atoms with E-state index in [2.05, 4.69) is 17.1 Å². The quantitative estimate of drug-likeness (QED) is 0.564. The Hall–Kier alpha value is -0.610. The molecule has 3 N–H and O–H groups in total. The van der Waals surface area contributed by atoms with Crippen molar-refractivity contribution in [3.8, 4) is 0 Å². The normalized spacial score (nSPS) is 13.3. The molecule has 0 saturated heterocycles. The molecule has 1 atom stereocenters. The Morgan fingerprint density at radius 1 is 1.67 bits per heavy atom. The average Bonchev–Trinajstić information content (AvgIpc) is 2.04. The SMILES string of the molecule is CCN(C)CCC(NC)C(N)=O. The molecule has 0 fully saturated rings. The van der Waals surface area contributed by atoms with Crippen LogP contribution in [0, 0.1) is 0 Å². The van der Waals surface area contributed by atoms with E-state index in [1.807, 2.05) is 7.05 Å². The summed E-state index contributed by atoms with van der Waals surface area (Å²) < 4.78 is 0. The fraction of sp³-hybridized carbons (Fsp3) is 0.875. The van der Waals surface area contributed by atoms with Crippen LogP contribution in [0.3, 0.4) is 0 Å². The van der Waals surface area contributed by atoms with Crippen molar-refractivity contribution in [1.29, 1.82) is 0 Å². The van der Waals surface area contributed by atoms with Gasteiger partial charge in [0.05, 0.1) is 6.04 Å². The smallest absolute Gasteiger partial charge is 0.234 e. The minimum Gasteiger partial charge on any atom is -0.368 e. The van der Waals surface area contributed by atoms with E-state index in [-0.39, 0.29) is 11.9 Å². The standard InChI is InChI=1S/C8H19N3O/c1-4-11(3)6-5-7(10-2)8(9)12/h7,10H,4-6H2,1-3H3,(H2,9,12). The Morgan fingerprint density at radius 2 is 2.25 bits per heavy atom. The van der Waals surface area contributed by atoms with Crippen LogP contribution >= 0.6 is 0 Å². The summed E-state index contributed by atoms with van der Waals surface area (Å²) in [5, 5.41) is 2.88. The number of likely N-dealkylation sites (N-methyl/N-ethyl adjacent to an activating group) is 1. The lowest BCUT2D eigenvalue weighted by Crippen LogP contribution is -2.41. The summed E-state index contributed by atoms with van der Waals surface area (Å²) in [7, 11) is 3.77. The molecular formula is C8H19N3O. The van der Waals surface area contributed by atoms with E-state index in [9.17, 15) is 4.79 Å². The molecule has 0 aliphatic heterocycles. The van der Waals surface area contributed by atoms with Gasteiger partial charge in [0, 0.05) is 0 Å². The largest absolute Gasteiger partial charge is 0.368 e. The second-order valence-electron chi connectivity index (χ2n) is 2.93. The number of nitrogens with one attached hydrogen (secondary N) is 1. The van der Waals surface area contributed by atoms with E-state index in [1.165, 1.54) is 0 Å². The van der Waals surface area contributed by atoms with Crippen molar-refractivity contribution in [3.63, 3.8) is 0 Å². The van der Waals surface area contributed by atoms with Crippen LogP contribution in [0.2, 0.25) is 0 Å². The first-order chi connectivity index (χ1) is 5.61. The van der Waals surface area contributed by atoms with E-state index in [0.29, 0.717) is 0 Å². The van der Waals surface area contributed by atoms with Gasteiger partial charge in [0.15, 0.2) is 0 Å². The predicted octanol–water partition coefficient (Wildman–Crippen LogP) is -0.598. The van der Waals surface area contributed by atoms with E-state index < -0.39 is 0 Å². The van der Waals surface area contributed by atoms with Gasteiger partial charge in [-0.25, -0.2) is 0 Å². The van der Waals surface area contributed by atoms with Gasteiger partial charge in [0.2, 0.25) is 5.91 Å². The Balaban J connectivity index is 3.65. The Morgan fingerprint density at radius 3 is 2.58 bits per heavy atom. The number of hydrogen-bond acceptors (Lipinski definition) is 3. The van der Waals surface area contributed by atoms with Gasteiger partial charge in [-0.15, -0.1) is 0 Å². The van der Waals surface area contributed by atoms with Crippen LogP contribution in [0.5, 0.6) is 0 Å². The van der Waals surface area contributed by atoms with Crippen molar-refractivity contribution < 1.29 is 4.79 Å². The number of hydrogen-bond donors (Lipinski definition) is 2. The number of nitrogens with two attached hydrogens (primary N) is 1. The van der Waals surface area contributed by atoms with E-state index in [1.54, 1.807) is 7.05 Å². The van der Waals surface area contributed by atoms with Crippen molar-refractivity contribution in [2.24, 2.45) is 5.73 Å². The van der Waals surface area contributed by atoms with Crippen molar-refractivity contribution in [1.82, 2.24) is 10.2 Å². The van der Waals surface area contributed by atoms with Gasteiger partial charge in [-0.3, -0.25) is 4.79 Å². The van der Waals surface area contributed by atoms with E-state index in [4.69, 9.17) is 5.73 Å². The summed E-state index contributed by atoms with van der Waals surface area (Å²) in [6.07, 6.45) is 0.774. The van der Waals surface area contributed by atoms with E-state index in [0.717, 1.165) is 19.5 Å². The molecule has 0 bridgehead atoms. The first-order valence-corrected chi connectivity index (χ1v) is 4.27. The lowest BCUT2D eigenvalue weighted by Gasteiger charge is -2.17. The zero-order valence-corrected chi connectivity index (χ0v) is 8.13. The number of carbonyl (C=O) groups is 1. The lowest BCUT2D eigenvalue weighted by atomic mass is 10.2. The summed E-state index contributed by atoms with van der Waals surface area (Å²) in [6.45, 7) is 3.97.